The van der Waals surface area contributed by atoms with Crippen LogP contribution in [0.25, 0.3) is 0 Å². The highest BCUT2D eigenvalue weighted by atomic mass is 15.3. The third-order valence-electron chi connectivity index (χ3n) is 1.94. The molecule has 1 unspecified atom stereocenters. The fourth-order valence-electron chi connectivity index (χ4n) is 1.11. The molecule has 1 heterocycles. The molecule has 0 spiro atoms. The number of aryl methyl sites for hydroxylation is 1. The fraction of sp³-hybridized carbons (Fsp3) is 0.500. The van der Waals surface area contributed by atoms with Gasteiger partial charge in [-0.15, -0.1) is 6.42 Å². The van der Waals surface area contributed by atoms with Gasteiger partial charge in [-0.3, -0.25) is 10.00 Å². The second-order valence-electron chi connectivity index (χ2n) is 2.91. The van der Waals surface area contributed by atoms with E-state index in [4.69, 9.17) is 6.42 Å². The van der Waals surface area contributed by atoms with Gasteiger partial charge in [0.25, 0.3) is 0 Å². The highest BCUT2D eigenvalue weighted by Crippen LogP contribution is 1.98. The van der Waals surface area contributed by atoms with Crippen molar-refractivity contribution in [1.82, 2.24) is 15.1 Å². The van der Waals surface area contributed by atoms with Crippen LogP contribution in [0.2, 0.25) is 0 Å². The molecule has 70 valence electrons. The van der Waals surface area contributed by atoms with E-state index in [0.29, 0.717) is 0 Å². The molecular weight excluding hydrogens is 162 g/mol. The Morgan fingerprint density at radius 2 is 2.54 bits per heavy atom. The number of terminal acetylenes is 1. The Morgan fingerprint density at radius 1 is 1.77 bits per heavy atom. The first kappa shape index (κ1) is 9.82. The van der Waals surface area contributed by atoms with Crippen LogP contribution in [0.3, 0.4) is 0 Å². The van der Waals surface area contributed by atoms with Crippen LogP contribution in [0.15, 0.2) is 12.3 Å². The number of hydrogen-bond donors (Lipinski definition) is 1. The van der Waals surface area contributed by atoms with Crippen molar-refractivity contribution >= 4 is 0 Å². The minimum atomic E-state index is 0.111. The molecule has 3 heteroatoms. The zero-order valence-electron chi connectivity index (χ0n) is 8.12. The molecule has 0 aliphatic carbocycles. The molecule has 0 aliphatic rings. The molecule has 1 aromatic heterocycles. The number of nitrogens with zero attached hydrogens (tertiary/aromatic N) is 2. The van der Waals surface area contributed by atoms with E-state index in [1.165, 1.54) is 5.69 Å². The van der Waals surface area contributed by atoms with Crippen molar-refractivity contribution in [2.75, 3.05) is 0 Å². The number of hydrogen-bond acceptors (Lipinski definition) is 2. The molecule has 1 N–H and O–H groups in total. The van der Waals surface area contributed by atoms with Gasteiger partial charge < -0.3 is 0 Å². The lowest BCUT2D eigenvalue weighted by molar-refractivity contribution is 0.568. The zero-order valence-corrected chi connectivity index (χ0v) is 8.12. The molecule has 0 saturated carbocycles. The quantitative estimate of drug-likeness (QED) is 0.696. The van der Waals surface area contributed by atoms with Crippen LogP contribution in [0.5, 0.6) is 0 Å². The minimum Gasteiger partial charge on any atom is -0.298 e. The van der Waals surface area contributed by atoms with Gasteiger partial charge in [0, 0.05) is 19.3 Å². The lowest BCUT2D eigenvalue weighted by atomic mass is 10.3. The summed E-state index contributed by atoms with van der Waals surface area (Å²) in [7, 11) is 0. The van der Waals surface area contributed by atoms with Gasteiger partial charge in [0.1, 0.15) is 0 Å². The lowest BCUT2D eigenvalue weighted by Gasteiger charge is -2.08. The average Bonchev–Trinajstić information content (AvgIpc) is 2.61. The third kappa shape index (κ3) is 2.60. The molecule has 0 saturated heterocycles. The molecule has 1 atom stereocenters. The van der Waals surface area contributed by atoms with Crippen LogP contribution in [0.4, 0.5) is 0 Å². The summed E-state index contributed by atoms with van der Waals surface area (Å²) < 4.78 is 1.95. The van der Waals surface area contributed by atoms with E-state index in [1.54, 1.807) is 6.20 Å². The Labute approximate surface area is 79.1 Å². The van der Waals surface area contributed by atoms with Crippen molar-refractivity contribution in [3.63, 3.8) is 0 Å². The zero-order chi connectivity index (χ0) is 9.68. The van der Waals surface area contributed by atoms with Crippen LogP contribution >= 0.6 is 0 Å². The number of nitrogens with one attached hydrogen (secondary N) is 1. The van der Waals surface area contributed by atoms with E-state index in [0.717, 1.165) is 13.1 Å². The minimum absolute atomic E-state index is 0.111. The molecular formula is C10H15N3. The van der Waals surface area contributed by atoms with Crippen molar-refractivity contribution in [2.24, 2.45) is 0 Å². The Balaban J connectivity index is 2.50. The molecule has 1 rings (SSSR count). The fourth-order valence-corrected chi connectivity index (χ4v) is 1.11. The molecule has 3 nitrogen and oxygen atoms in total. The normalized spacial score (nSPS) is 12.4. The largest absolute Gasteiger partial charge is 0.298 e. The van der Waals surface area contributed by atoms with Crippen LogP contribution in [-0.2, 0) is 13.1 Å². The van der Waals surface area contributed by atoms with Gasteiger partial charge in [-0.2, -0.15) is 5.10 Å². The van der Waals surface area contributed by atoms with Crippen LogP contribution in [0, 0.1) is 12.3 Å². The maximum Gasteiger partial charge on any atom is 0.0661 e. The van der Waals surface area contributed by atoms with Crippen LogP contribution in [-0.4, -0.2) is 15.8 Å². The Hall–Kier alpha value is -1.27. The predicted octanol–water partition coefficient (Wildman–Crippen LogP) is 1.01. The van der Waals surface area contributed by atoms with Gasteiger partial charge in [-0.05, 0) is 19.9 Å². The maximum absolute atomic E-state index is 5.25. The van der Waals surface area contributed by atoms with Gasteiger partial charge >= 0.3 is 0 Å². The SMILES string of the molecule is C#CC(C)NCc1ccnn1CC. The highest BCUT2D eigenvalue weighted by Gasteiger charge is 2.01. The smallest absolute Gasteiger partial charge is 0.0661 e. The van der Waals surface area contributed by atoms with Crippen molar-refractivity contribution in [1.29, 1.82) is 0 Å². The van der Waals surface area contributed by atoms with Gasteiger partial charge in [0.05, 0.1) is 11.7 Å². The average molecular weight is 177 g/mol. The summed E-state index contributed by atoms with van der Waals surface area (Å²) in [6.45, 7) is 5.71. The molecule has 0 aromatic carbocycles. The first-order valence-electron chi connectivity index (χ1n) is 4.48. The maximum atomic E-state index is 5.25. The molecule has 0 fully saturated rings. The van der Waals surface area contributed by atoms with Gasteiger partial charge in [-0.25, -0.2) is 0 Å². The van der Waals surface area contributed by atoms with E-state index in [2.05, 4.69) is 23.3 Å². The summed E-state index contributed by atoms with van der Waals surface area (Å²) in [6.07, 6.45) is 7.05. The molecule has 1 aromatic rings. The standard InChI is InChI=1S/C10H15N3/c1-4-9(3)11-8-10-6-7-12-13(10)5-2/h1,6-7,9,11H,5,8H2,2-3H3. The van der Waals surface area contributed by atoms with Crippen LogP contribution < -0.4 is 5.32 Å². The van der Waals surface area contributed by atoms with Crippen molar-refractivity contribution in [2.45, 2.75) is 33.0 Å². The highest BCUT2D eigenvalue weighted by molar-refractivity contribution is 5.02. The first-order valence-corrected chi connectivity index (χ1v) is 4.48. The van der Waals surface area contributed by atoms with Crippen molar-refractivity contribution in [3.05, 3.63) is 18.0 Å². The molecule has 13 heavy (non-hydrogen) atoms. The molecule has 0 aliphatic heterocycles. The summed E-state index contributed by atoms with van der Waals surface area (Å²) in [4.78, 5) is 0. The summed E-state index contributed by atoms with van der Waals surface area (Å²) in [6, 6.07) is 2.11. The van der Waals surface area contributed by atoms with Crippen molar-refractivity contribution < 1.29 is 0 Å². The molecule has 0 bridgehead atoms. The van der Waals surface area contributed by atoms with Crippen LogP contribution in [0.1, 0.15) is 19.5 Å². The van der Waals surface area contributed by atoms with Crippen molar-refractivity contribution in [3.8, 4) is 12.3 Å². The first-order chi connectivity index (χ1) is 6.27. The Morgan fingerprint density at radius 3 is 3.15 bits per heavy atom. The van der Waals surface area contributed by atoms with Gasteiger partial charge in [0.2, 0.25) is 0 Å². The summed E-state index contributed by atoms with van der Waals surface area (Å²) in [5, 5.41) is 7.38. The number of aromatic nitrogens is 2. The van der Waals surface area contributed by atoms with E-state index < -0.39 is 0 Å². The predicted molar refractivity (Wildman–Crippen MR) is 53.0 cm³/mol. The van der Waals surface area contributed by atoms with E-state index in [-0.39, 0.29) is 6.04 Å². The Kier molecular flexibility index (Phi) is 3.53. The Bertz CT molecular complexity index is 295. The summed E-state index contributed by atoms with van der Waals surface area (Å²) >= 11 is 0. The van der Waals surface area contributed by atoms with E-state index in [1.807, 2.05) is 17.7 Å². The third-order valence-corrected chi connectivity index (χ3v) is 1.94. The second kappa shape index (κ2) is 4.68. The van der Waals surface area contributed by atoms with E-state index in [9.17, 15) is 0 Å². The van der Waals surface area contributed by atoms with E-state index >= 15 is 0 Å². The molecule has 0 radical (unpaired) electrons. The topological polar surface area (TPSA) is 29.9 Å². The van der Waals surface area contributed by atoms with Gasteiger partial charge in [-0.1, -0.05) is 5.92 Å². The summed E-state index contributed by atoms with van der Waals surface area (Å²) in [5.41, 5.74) is 1.17. The second-order valence-corrected chi connectivity index (χ2v) is 2.91. The molecule has 0 amide bonds. The lowest BCUT2D eigenvalue weighted by Crippen LogP contribution is -2.25. The monoisotopic (exact) mass is 177 g/mol. The number of rotatable bonds is 4. The summed E-state index contributed by atoms with van der Waals surface area (Å²) in [5.74, 6) is 2.62. The van der Waals surface area contributed by atoms with Gasteiger partial charge in [0.15, 0.2) is 0 Å².